The SMILES string of the molecule is Cc1cc(C)c(C(Br)N(C)C)c(C)c1. The van der Waals surface area contributed by atoms with Crippen molar-refractivity contribution < 1.29 is 0 Å². The molecule has 2 heteroatoms. The molecular formula is C12H18BrN. The second-order valence-electron chi connectivity index (χ2n) is 4.11. The van der Waals surface area contributed by atoms with E-state index in [1.807, 2.05) is 0 Å². The fourth-order valence-corrected chi connectivity index (χ4v) is 2.55. The van der Waals surface area contributed by atoms with E-state index in [0.29, 0.717) is 4.95 Å². The summed E-state index contributed by atoms with van der Waals surface area (Å²) in [4.78, 5) is 2.48. The van der Waals surface area contributed by atoms with Crippen LogP contribution in [-0.2, 0) is 0 Å². The van der Waals surface area contributed by atoms with Crippen LogP contribution in [0.2, 0.25) is 0 Å². The maximum atomic E-state index is 3.70. The first kappa shape index (κ1) is 11.7. The molecule has 1 aromatic carbocycles. The van der Waals surface area contributed by atoms with Crippen molar-refractivity contribution >= 4 is 15.9 Å². The monoisotopic (exact) mass is 255 g/mol. The molecule has 14 heavy (non-hydrogen) atoms. The van der Waals surface area contributed by atoms with Gasteiger partial charge in [0.15, 0.2) is 0 Å². The molecule has 0 heterocycles. The number of halogens is 1. The van der Waals surface area contributed by atoms with Crippen molar-refractivity contribution in [3.05, 3.63) is 34.4 Å². The summed E-state index contributed by atoms with van der Waals surface area (Å²) in [6, 6.07) is 4.47. The van der Waals surface area contributed by atoms with Gasteiger partial charge in [-0.2, -0.15) is 0 Å². The summed E-state index contributed by atoms with van der Waals surface area (Å²) in [7, 11) is 4.16. The fourth-order valence-electron chi connectivity index (χ4n) is 1.83. The second kappa shape index (κ2) is 4.45. The normalized spacial score (nSPS) is 13.4. The first-order valence-electron chi connectivity index (χ1n) is 4.81. The molecule has 0 aromatic heterocycles. The molecule has 0 saturated heterocycles. The topological polar surface area (TPSA) is 3.24 Å². The van der Waals surface area contributed by atoms with Gasteiger partial charge in [0.1, 0.15) is 0 Å². The largest absolute Gasteiger partial charge is 0.293 e. The summed E-state index contributed by atoms with van der Waals surface area (Å²) in [6.07, 6.45) is 0. The standard InChI is InChI=1S/C12H18BrN/c1-8-6-9(2)11(10(3)7-8)12(13)14(4)5/h6-7,12H,1-5H3. The van der Waals surface area contributed by atoms with Crippen molar-refractivity contribution in [1.29, 1.82) is 0 Å². The van der Waals surface area contributed by atoms with Gasteiger partial charge < -0.3 is 0 Å². The molecule has 0 amide bonds. The summed E-state index contributed by atoms with van der Waals surface area (Å²) in [5, 5.41) is 0. The molecule has 1 rings (SSSR count). The lowest BCUT2D eigenvalue weighted by atomic mass is 9.99. The minimum Gasteiger partial charge on any atom is -0.293 e. The summed E-state index contributed by atoms with van der Waals surface area (Å²) in [5.74, 6) is 0. The summed E-state index contributed by atoms with van der Waals surface area (Å²) in [6.45, 7) is 6.49. The molecular weight excluding hydrogens is 238 g/mol. The number of nitrogens with zero attached hydrogens (tertiary/aromatic N) is 1. The molecule has 0 radical (unpaired) electrons. The van der Waals surface area contributed by atoms with Crippen LogP contribution in [0.3, 0.4) is 0 Å². The Hall–Kier alpha value is -0.340. The lowest BCUT2D eigenvalue weighted by Gasteiger charge is -2.22. The van der Waals surface area contributed by atoms with Gasteiger partial charge >= 0.3 is 0 Å². The third-order valence-corrected chi connectivity index (χ3v) is 3.71. The molecule has 0 N–H and O–H groups in total. The molecule has 78 valence electrons. The molecule has 1 nitrogen and oxygen atoms in total. The number of aryl methyl sites for hydroxylation is 3. The van der Waals surface area contributed by atoms with Crippen LogP contribution >= 0.6 is 15.9 Å². The van der Waals surface area contributed by atoms with Crippen LogP contribution < -0.4 is 0 Å². The zero-order chi connectivity index (χ0) is 10.9. The molecule has 0 fully saturated rings. The summed E-state index contributed by atoms with van der Waals surface area (Å²) < 4.78 is 0. The van der Waals surface area contributed by atoms with Crippen LogP contribution in [-0.4, -0.2) is 19.0 Å². The van der Waals surface area contributed by atoms with Gasteiger partial charge in [-0.25, -0.2) is 0 Å². The third kappa shape index (κ3) is 2.37. The first-order chi connectivity index (χ1) is 6.43. The minimum atomic E-state index is 0.308. The number of benzene rings is 1. The van der Waals surface area contributed by atoms with Crippen LogP contribution in [0.15, 0.2) is 12.1 Å². The maximum Gasteiger partial charge on any atom is 0.0911 e. The van der Waals surface area contributed by atoms with Crippen molar-refractivity contribution in [3.63, 3.8) is 0 Å². The lowest BCUT2D eigenvalue weighted by Crippen LogP contribution is -2.16. The van der Waals surface area contributed by atoms with Crippen molar-refractivity contribution in [1.82, 2.24) is 4.90 Å². The number of hydrogen-bond donors (Lipinski definition) is 0. The average molecular weight is 256 g/mol. The van der Waals surface area contributed by atoms with Crippen molar-refractivity contribution in [3.8, 4) is 0 Å². The zero-order valence-corrected chi connectivity index (χ0v) is 11.1. The van der Waals surface area contributed by atoms with Gasteiger partial charge in [0, 0.05) is 0 Å². The van der Waals surface area contributed by atoms with E-state index in [1.165, 1.54) is 22.3 Å². The van der Waals surface area contributed by atoms with Gasteiger partial charge in [-0.1, -0.05) is 33.6 Å². The third-order valence-electron chi connectivity index (χ3n) is 2.43. The van der Waals surface area contributed by atoms with E-state index in [9.17, 15) is 0 Å². The van der Waals surface area contributed by atoms with Crippen LogP contribution in [0.5, 0.6) is 0 Å². The van der Waals surface area contributed by atoms with Crippen LogP contribution in [0.25, 0.3) is 0 Å². The van der Waals surface area contributed by atoms with Gasteiger partial charge in [-0.05, 0) is 51.6 Å². The first-order valence-corrected chi connectivity index (χ1v) is 5.73. The van der Waals surface area contributed by atoms with Gasteiger partial charge in [0.05, 0.1) is 4.95 Å². The molecule has 0 saturated carbocycles. The Labute approximate surface area is 95.2 Å². The molecule has 0 aliphatic carbocycles. The minimum absolute atomic E-state index is 0.308. The van der Waals surface area contributed by atoms with Gasteiger partial charge in [0.2, 0.25) is 0 Å². The van der Waals surface area contributed by atoms with Gasteiger partial charge in [-0.3, -0.25) is 4.90 Å². The summed E-state index contributed by atoms with van der Waals surface area (Å²) in [5.41, 5.74) is 5.44. The Balaban J connectivity index is 3.20. The van der Waals surface area contributed by atoms with Crippen LogP contribution in [0, 0.1) is 20.8 Å². The van der Waals surface area contributed by atoms with E-state index >= 15 is 0 Å². The van der Waals surface area contributed by atoms with E-state index in [-0.39, 0.29) is 0 Å². The Kier molecular flexibility index (Phi) is 3.73. The quantitative estimate of drug-likeness (QED) is 0.577. The molecule has 0 bridgehead atoms. The molecule has 1 unspecified atom stereocenters. The number of rotatable bonds is 2. The summed E-state index contributed by atoms with van der Waals surface area (Å²) >= 11 is 3.70. The van der Waals surface area contributed by atoms with Crippen LogP contribution in [0.1, 0.15) is 27.2 Å². The lowest BCUT2D eigenvalue weighted by molar-refractivity contribution is 0.396. The Morgan fingerprint density at radius 2 is 1.50 bits per heavy atom. The van der Waals surface area contributed by atoms with E-state index in [2.05, 4.69) is 67.8 Å². The fraction of sp³-hybridized carbons (Fsp3) is 0.500. The number of alkyl halides is 1. The van der Waals surface area contributed by atoms with Crippen molar-refractivity contribution in [2.45, 2.75) is 25.7 Å². The molecule has 0 aliphatic rings. The Morgan fingerprint density at radius 1 is 1.07 bits per heavy atom. The van der Waals surface area contributed by atoms with E-state index in [1.54, 1.807) is 0 Å². The zero-order valence-electron chi connectivity index (χ0n) is 9.56. The predicted octanol–water partition coefficient (Wildman–Crippen LogP) is 3.57. The maximum absolute atomic E-state index is 3.70. The van der Waals surface area contributed by atoms with E-state index in [0.717, 1.165) is 0 Å². The highest BCUT2D eigenvalue weighted by molar-refractivity contribution is 9.09. The predicted molar refractivity (Wildman–Crippen MR) is 66.0 cm³/mol. The van der Waals surface area contributed by atoms with Crippen molar-refractivity contribution in [2.75, 3.05) is 14.1 Å². The van der Waals surface area contributed by atoms with Gasteiger partial charge in [-0.15, -0.1) is 0 Å². The molecule has 0 spiro atoms. The van der Waals surface area contributed by atoms with Gasteiger partial charge in [0.25, 0.3) is 0 Å². The second-order valence-corrected chi connectivity index (χ2v) is 4.98. The molecule has 0 aliphatic heterocycles. The van der Waals surface area contributed by atoms with Crippen LogP contribution in [0.4, 0.5) is 0 Å². The molecule has 1 aromatic rings. The highest BCUT2D eigenvalue weighted by atomic mass is 79.9. The highest BCUT2D eigenvalue weighted by Crippen LogP contribution is 2.30. The number of hydrogen-bond acceptors (Lipinski definition) is 1. The smallest absolute Gasteiger partial charge is 0.0911 e. The van der Waals surface area contributed by atoms with E-state index in [4.69, 9.17) is 0 Å². The Morgan fingerprint density at radius 3 is 1.86 bits per heavy atom. The Bertz CT molecular complexity index is 308. The highest BCUT2D eigenvalue weighted by Gasteiger charge is 2.14. The van der Waals surface area contributed by atoms with E-state index < -0.39 is 0 Å². The average Bonchev–Trinajstić information content (AvgIpc) is 2.01. The molecule has 1 atom stereocenters. The van der Waals surface area contributed by atoms with Crippen molar-refractivity contribution in [2.24, 2.45) is 0 Å².